The van der Waals surface area contributed by atoms with E-state index in [9.17, 15) is 4.79 Å². The molecule has 0 radical (unpaired) electrons. The summed E-state index contributed by atoms with van der Waals surface area (Å²) in [6.45, 7) is 7.85. The van der Waals surface area contributed by atoms with Gasteiger partial charge >= 0.3 is 0 Å². The van der Waals surface area contributed by atoms with Crippen molar-refractivity contribution in [3.8, 4) is 11.5 Å². The number of nitrogens with one attached hydrogen (secondary N) is 1. The molecule has 1 heterocycles. The number of methoxy groups -OCH3 is 2. The highest BCUT2D eigenvalue weighted by Gasteiger charge is 2.18. The van der Waals surface area contributed by atoms with E-state index < -0.39 is 0 Å². The number of nitrogens with zero attached hydrogens (tertiary/aromatic N) is 1. The van der Waals surface area contributed by atoms with Gasteiger partial charge in [-0.3, -0.25) is 9.69 Å². The summed E-state index contributed by atoms with van der Waals surface area (Å²) < 4.78 is 10.8. The molecule has 1 N–H and O–H groups in total. The fourth-order valence-electron chi connectivity index (χ4n) is 3.94. The van der Waals surface area contributed by atoms with E-state index in [1.807, 2.05) is 25.1 Å². The maximum absolute atomic E-state index is 12.5. The van der Waals surface area contributed by atoms with E-state index in [0.29, 0.717) is 17.9 Å². The number of benzene rings is 2. The number of hydrogen-bond acceptors (Lipinski definition) is 4. The summed E-state index contributed by atoms with van der Waals surface area (Å²) in [6.07, 6.45) is 3.11. The van der Waals surface area contributed by atoms with Crippen LogP contribution in [0.3, 0.4) is 0 Å². The summed E-state index contributed by atoms with van der Waals surface area (Å²) in [6, 6.07) is 10.1. The zero-order chi connectivity index (χ0) is 20.8. The molecule has 156 valence electrons. The van der Waals surface area contributed by atoms with Gasteiger partial charge in [-0.2, -0.15) is 0 Å². The Morgan fingerprint density at radius 3 is 2.59 bits per heavy atom. The van der Waals surface area contributed by atoms with Crippen LogP contribution >= 0.6 is 0 Å². The number of carbonyl (C=O) groups excluding carboxylic acids is 1. The second-order valence-electron chi connectivity index (χ2n) is 7.78. The molecule has 1 aliphatic heterocycles. The lowest BCUT2D eigenvalue weighted by Gasteiger charge is -2.29. The van der Waals surface area contributed by atoms with Crippen LogP contribution in [0.2, 0.25) is 0 Å². The minimum atomic E-state index is -0.0695. The van der Waals surface area contributed by atoms with Crippen molar-refractivity contribution in [3.05, 3.63) is 58.1 Å². The fourth-order valence-corrected chi connectivity index (χ4v) is 3.94. The summed E-state index contributed by atoms with van der Waals surface area (Å²) in [7, 11) is 3.32. The number of fused-ring (bicyclic) bond motifs is 1. The van der Waals surface area contributed by atoms with Gasteiger partial charge in [-0.1, -0.05) is 17.7 Å². The van der Waals surface area contributed by atoms with Gasteiger partial charge in [0.1, 0.15) is 11.5 Å². The van der Waals surface area contributed by atoms with Crippen molar-refractivity contribution < 1.29 is 14.3 Å². The molecule has 0 aromatic heterocycles. The van der Waals surface area contributed by atoms with Crippen LogP contribution in [0.15, 0.2) is 30.3 Å². The molecule has 0 atom stereocenters. The van der Waals surface area contributed by atoms with E-state index >= 15 is 0 Å². The van der Waals surface area contributed by atoms with E-state index in [1.165, 1.54) is 16.7 Å². The molecule has 5 nitrogen and oxygen atoms in total. The minimum absolute atomic E-state index is 0.0695. The Morgan fingerprint density at radius 1 is 1.03 bits per heavy atom. The first kappa shape index (κ1) is 21.2. The van der Waals surface area contributed by atoms with Gasteiger partial charge in [0.25, 0.3) is 5.91 Å². The summed E-state index contributed by atoms with van der Waals surface area (Å²) in [5.74, 6) is 1.52. The van der Waals surface area contributed by atoms with Crippen molar-refractivity contribution in [1.29, 1.82) is 0 Å². The Bertz CT molecular complexity index is 863. The average Bonchev–Trinajstić information content (AvgIpc) is 2.72. The average molecular weight is 397 g/mol. The van der Waals surface area contributed by atoms with Gasteiger partial charge in [-0.25, -0.2) is 0 Å². The predicted molar refractivity (Wildman–Crippen MR) is 116 cm³/mol. The largest absolute Gasteiger partial charge is 0.496 e. The zero-order valence-electron chi connectivity index (χ0n) is 18.0. The Kier molecular flexibility index (Phi) is 7.15. The topological polar surface area (TPSA) is 50.8 Å². The summed E-state index contributed by atoms with van der Waals surface area (Å²) in [4.78, 5) is 14.9. The minimum Gasteiger partial charge on any atom is -0.496 e. The van der Waals surface area contributed by atoms with Crippen molar-refractivity contribution in [3.63, 3.8) is 0 Å². The Balaban J connectivity index is 1.43. The third kappa shape index (κ3) is 5.30. The van der Waals surface area contributed by atoms with E-state index in [2.05, 4.69) is 29.3 Å². The lowest BCUT2D eigenvalue weighted by Crippen LogP contribution is -2.32. The molecule has 1 aliphatic rings. The molecule has 29 heavy (non-hydrogen) atoms. The third-order valence-corrected chi connectivity index (χ3v) is 5.59. The molecule has 0 unspecified atom stereocenters. The normalized spacial score (nSPS) is 13.7. The first-order valence-electron chi connectivity index (χ1n) is 10.3. The van der Waals surface area contributed by atoms with Crippen molar-refractivity contribution in [2.75, 3.05) is 33.9 Å². The van der Waals surface area contributed by atoms with Gasteiger partial charge in [-0.15, -0.1) is 0 Å². The molecule has 0 saturated carbocycles. The molecule has 2 aromatic rings. The first-order valence-corrected chi connectivity index (χ1v) is 10.3. The van der Waals surface area contributed by atoms with Crippen molar-refractivity contribution in [2.45, 2.75) is 39.7 Å². The molecular formula is C24H32N2O3. The monoisotopic (exact) mass is 396 g/mol. The highest BCUT2D eigenvalue weighted by Crippen LogP contribution is 2.27. The molecule has 0 aliphatic carbocycles. The lowest BCUT2D eigenvalue weighted by atomic mass is 9.96. The lowest BCUT2D eigenvalue weighted by molar-refractivity contribution is 0.0949. The highest BCUT2D eigenvalue weighted by molar-refractivity contribution is 5.97. The quantitative estimate of drug-likeness (QED) is 0.688. The van der Waals surface area contributed by atoms with Crippen molar-refractivity contribution >= 4 is 5.91 Å². The van der Waals surface area contributed by atoms with Crippen LogP contribution in [0.25, 0.3) is 0 Å². The Labute approximate surface area is 174 Å². The van der Waals surface area contributed by atoms with Gasteiger partial charge in [0.15, 0.2) is 0 Å². The van der Waals surface area contributed by atoms with Crippen LogP contribution in [0.5, 0.6) is 11.5 Å². The maximum Gasteiger partial charge on any atom is 0.255 e. The standard InChI is InChI=1S/C24H32N2O3/c1-17-7-8-22(28-3)21(13-17)24(27)25-10-5-6-11-26-12-9-19-14-18(2)23(29-4)15-20(19)16-26/h7-8,13-15H,5-6,9-12,16H2,1-4H3,(H,25,27). The van der Waals surface area contributed by atoms with Gasteiger partial charge in [0, 0.05) is 19.6 Å². The van der Waals surface area contributed by atoms with Crippen LogP contribution < -0.4 is 14.8 Å². The smallest absolute Gasteiger partial charge is 0.255 e. The maximum atomic E-state index is 12.5. The first-order chi connectivity index (χ1) is 14.0. The van der Waals surface area contributed by atoms with Crippen LogP contribution in [-0.4, -0.2) is 44.7 Å². The molecule has 2 aromatic carbocycles. The molecule has 0 bridgehead atoms. The Morgan fingerprint density at radius 2 is 1.83 bits per heavy atom. The van der Waals surface area contributed by atoms with Crippen LogP contribution in [0, 0.1) is 13.8 Å². The number of unbranched alkanes of at least 4 members (excludes halogenated alkanes) is 1. The van der Waals surface area contributed by atoms with Gasteiger partial charge in [-0.05, 0) is 74.5 Å². The number of carbonyl (C=O) groups is 1. The number of aryl methyl sites for hydroxylation is 2. The van der Waals surface area contributed by atoms with Gasteiger partial charge in [0.2, 0.25) is 0 Å². The summed E-state index contributed by atoms with van der Waals surface area (Å²) >= 11 is 0. The van der Waals surface area contributed by atoms with E-state index in [4.69, 9.17) is 9.47 Å². The fraction of sp³-hybridized carbons (Fsp3) is 0.458. The molecule has 0 fully saturated rings. The molecule has 0 spiro atoms. The molecule has 3 rings (SSSR count). The zero-order valence-corrected chi connectivity index (χ0v) is 18.0. The second-order valence-corrected chi connectivity index (χ2v) is 7.78. The number of rotatable bonds is 8. The van der Waals surface area contributed by atoms with E-state index in [-0.39, 0.29) is 5.91 Å². The van der Waals surface area contributed by atoms with E-state index in [0.717, 1.165) is 50.2 Å². The predicted octanol–water partition coefficient (Wildman–Crippen LogP) is 3.89. The third-order valence-electron chi connectivity index (χ3n) is 5.59. The molecular weight excluding hydrogens is 364 g/mol. The molecule has 1 amide bonds. The second kappa shape index (κ2) is 9.79. The number of hydrogen-bond donors (Lipinski definition) is 1. The van der Waals surface area contributed by atoms with Gasteiger partial charge < -0.3 is 14.8 Å². The highest BCUT2D eigenvalue weighted by atomic mass is 16.5. The summed E-state index contributed by atoms with van der Waals surface area (Å²) in [5, 5.41) is 3.02. The van der Waals surface area contributed by atoms with E-state index in [1.54, 1.807) is 14.2 Å². The Hall–Kier alpha value is -2.53. The van der Waals surface area contributed by atoms with Crippen LogP contribution in [0.4, 0.5) is 0 Å². The molecule has 5 heteroatoms. The summed E-state index contributed by atoms with van der Waals surface area (Å²) in [5.41, 5.74) is 5.68. The van der Waals surface area contributed by atoms with Crippen molar-refractivity contribution in [2.24, 2.45) is 0 Å². The number of amides is 1. The molecule has 0 saturated heterocycles. The van der Waals surface area contributed by atoms with Crippen molar-refractivity contribution in [1.82, 2.24) is 10.2 Å². The number of ether oxygens (including phenoxy) is 2. The SMILES string of the molecule is COc1cc2c(cc1C)CCN(CCCCNC(=O)c1cc(C)ccc1OC)C2. The van der Waals surface area contributed by atoms with Crippen LogP contribution in [-0.2, 0) is 13.0 Å². The van der Waals surface area contributed by atoms with Crippen LogP contribution in [0.1, 0.15) is 45.5 Å². The van der Waals surface area contributed by atoms with Gasteiger partial charge in [0.05, 0.1) is 19.8 Å².